The zero-order chi connectivity index (χ0) is 22.4. The van der Waals surface area contributed by atoms with Crippen molar-refractivity contribution in [1.29, 1.82) is 0 Å². The van der Waals surface area contributed by atoms with Crippen LogP contribution in [0.5, 0.6) is 0 Å². The molecule has 0 atom stereocenters. The van der Waals surface area contributed by atoms with Gasteiger partial charge in [-0.05, 0) is 71.7 Å². The number of imidazole rings is 1. The van der Waals surface area contributed by atoms with Gasteiger partial charge in [0.1, 0.15) is 0 Å². The summed E-state index contributed by atoms with van der Waals surface area (Å²) in [6, 6.07) is 7.86. The number of hydrogen-bond donors (Lipinski definition) is 3. The fraction of sp³-hybridized carbons (Fsp3) is 0.522. The molecular weight excluding hydrogens is 388 g/mol. The van der Waals surface area contributed by atoms with Crippen LogP contribution in [0.15, 0.2) is 61.6 Å². The van der Waals surface area contributed by atoms with Crippen molar-refractivity contribution in [2.24, 2.45) is 0 Å². The Morgan fingerprint density at radius 2 is 1.61 bits per heavy atom. The van der Waals surface area contributed by atoms with Gasteiger partial charge in [-0.1, -0.05) is 12.5 Å². The Morgan fingerprint density at radius 3 is 2.23 bits per heavy atom. The number of aromatic nitrogens is 5. The Kier molecular flexibility index (Phi) is 16.6. The molecule has 0 radical (unpaired) electrons. The number of nitrogens with one attached hydrogen (secondary N) is 3. The van der Waals surface area contributed by atoms with E-state index in [0.717, 1.165) is 44.8 Å². The fourth-order valence-electron chi connectivity index (χ4n) is 2.73. The first-order chi connectivity index (χ1) is 15.3. The summed E-state index contributed by atoms with van der Waals surface area (Å²) in [5.41, 5.74) is 1.08. The Labute approximate surface area is 187 Å². The highest BCUT2D eigenvalue weighted by molar-refractivity contribution is 5.02. The topological polar surface area (TPSA) is 84.6 Å². The average molecular weight is 429 g/mol. The molecule has 3 rings (SSSR count). The zero-order valence-corrected chi connectivity index (χ0v) is 19.4. The van der Waals surface area contributed by atoms with Gasteiger partial charge in [-0.25, -0.2) is 4.98 Å². The van der Waals surface area contributed by atoms with E-state index in [2.05, 4.69) is 35.6 Å². The third-order valence-electron chi connectivity index (χ3n) is 4.36. The minimum absolute atomic E-state index is 0.848. The van der Waals surface area contributed by atoms with Crippen LogP contribution in [0, 0.1) is 0 Å². The van der Waals surface area contributed by atoms with Crippen LogP contribution < -0.4 is 16.0 Å². The highest BCUT2D eigenvalue weighted by Gasteiger charge is 1.90. The van der Waals surface area contributed by atoms with Crippen molar-refractivity contribution in [3.05, 3.63) is 67.3 Å². The van der Waals surface area contributed by atoms with Crippen molar-refractivity contribution in [2.75, 3.05) is 34.2 Å². The fourth-order valence-corrected chi connectivity index (χ4v) is 2.73. The summed E-state index contributed by atoms with van der Waals surface area (Å²) in [7, 11) is 5.87. The van der Waals surface area contributed by atoms with Gasteiger partial charge in [0.05, 0.1) is 12.0 Å². The maximum absolute atomic E-state index is 4.14. The van der Waals surface area contributed by atoms with Crippen LogP contribution in [0.4, 0.5) is 0 Å². The van der Waals surface area contributed by atoms with E-state index in [-0.39, 0.29) is 0 Å². The zero-order valence-electron chi connectivity index (χ0n) is 19.4. The lowest BCUT2D eigenvalue weighted by molar-refractivity contribution is 0.538. The molecule has 0 aliphatic carbocycles. The van der Waals surface area contributed by atoms with Crippen molar-refractivity contribution >= 4 is 0 Å². The van der Waals surface area contributed by atoms with E-state index in [0.29, 0.717) is 0 Å². The minimum atomic E-state index is 0.848. The first kappa shape index (κ1) is 26.5. The van der Waals surface area contributed by atoms with Gasteiger partial charge in [-0.15, -0.1) is 0 Å². The molecular formula is C23H40N8. The molecule has 3 aromatic heterocycles. The second-order valence-electron chi connectivity index (χ2n) is 7.04. The quantitative estimate of drug-likeness (QED) is 0.385. The molecule has 8 nitrogen and oxygen atoms in total. The van der Waals surface area contributed by atoms with E-state index < -0.39 is 0 Å². The van der Waals surface area contributed by atoms with E-state index in [1.165, 1.54) is 19.3 Å². The predicted molar refractivity (Wildman–Crippen MR) is 128 cm³/mol. The molecule has 0 bridgehead atoms. The lowest BCUT2D eigenvalue weighted by Gasteiger charge is -2.00. The van der Waals surface area contributed by atoms with Gasteiger partial charge in [0.25, 0.3) is 0 Å². The monoisotopic (exact) mass is 428 g/mol. The molecule has 0 aromatic carbocycles. The molecule has 3 aromatic rings. The summed E-state index contributed by atoms with van der Waals surface area (Å²) in [5.74, 6) is 0. The minimum Gasteiger partial charge on any atom is -0.337 e. The Morgan fingerprint density at radius 1 is 0.774 bits per heavy atom. The third kappa shape index (κ3) is 15.0. The lowest BCUT2D eigenvalue weighted by Crippen LogP contribution is -2.10. The maximum atomic E-state index is 4.14. The van der Waals surface area contributed by atoms with Gasteiger partial charge in [-0.2, -0.15) is 5.10 Å². The van der Waals surface area contributed by atoms with Gasteiger partial charge in [0.2, 0.25) is 0 Å². The molecule has 31 heavy (non-hydrogen) atoms. The molecule has 0 aliphatic rings. The second-order valence-corrected chi connectivity index (χ2v) is 7.04. The second kappa shape index (κ2) is 19.4. The molecule has 3 heterocycles. The summed E-state index contributed by atoms with van der Waals surface area (Å²) in [6.07, 6.45) is 16.2. The normalized spacial score (nSPS) is 10.0. The van der Waals surface area contributed by atoms with Crippen LogP contribution in [-0.4, -0.2) is 58.5 Å². The van der Waals surface area contributed by atoms with E-state index in [4.69, 9.17) is 0 Å². The van der Waals surface area contributed by atoms with Crippen LogP contribution >= 0.6 is 0 Å². The maximum Gasteiger partial charge on any atom is 0.0945 e. The SMILES string of the molecule is CNCCCCCn1cccn1.CNCCCn1ccnc1.CNCc1ccccn1. The summed E-state index contributed by atoms with van der Waals surface area (Å²) >= 11 is 0. The Hall–Kier alpha value is -2.55. The standard InChI is InChI=1S/C9H17N3.C7H13N3.C7H10N2/c1-10-6-3-2-4-8-12-9-5-7-11-12;1-8-3-2-5-10-6-4-9-7-10;1-8-6-7-4-2-3-5-9-7/h5,7,9-10H,2-4,6,8H2,1H3;4,6-8H,2-3,5H2,1H3;2-5,8H,6H2,1H3. The summed E-state index contributed by atoms with van der Waals surface area (Å²) < 4.78 is 4.07. The van der Waals surface area contributed by atoms with Gasteiger partial charge in [-0.3, -0.25) is 9.67 Å². The average Bonchev–Trinajstić information content (AvgIpc) is 3.50. The van der Waals surface area contributed by atoms with Gasteiger partial charge >= 0.3 is 0 Å². The molecule has 3 N–H and O–H groups in total. The molecule has 0 saturated heterocycles. The highest BCUT2D eigenvalue weighted by atomic mass is 15.3. The van der Waals surface area contributed by atoms with Crippen LogP contribution in [-0.2, 0) is 19.6 Å². The number of aryl methyl sites for hydroxylation is 2. The lowest BCUT2D eigenvalue weighted by atomic mass is 10.2. The highest BCUT2D eigenvalue weighted by Crippen LogP contribution is 1.97. The van der Waals surface area contributed by atoms with Crippen LogP contribution in [0.1, 0.15) is 31.4 Å². The number of hydrogen-bond acceptors (Lipinski definition) is 6. The Balaban J connectivity index is 0.000000235. The third-order valence-corrected chi connectivity index (χ3v) is 4.36. The molecule has 8 heteroatoms. The molecule has 0 aliphatic heterocycles. The van der Waals surface area contributed by atoms with E-state index in [1.807, 2.05) is 75.0 Å². The Bertz CT molecular complexity index is 699. The van der Waals surface area contributed by atoms with Crippen molar-refractivity contribution in [2.45, 2.75) is 45.3 Å². The largest absolute Gasteiger partial charge is 0.337 e. The van der Waals surface area contributed by atoms with Gasteiger partial charge in [0.15, 0.2) is 0 Å². The number of rotatable bonds is 12. The van der Waals surface area contributed by atoms with Crippen molar-refractivity contribution in [1.82, 2.24) is 40.3 Å². The number of pyridine rings is 1. The molecule has 0 unspecified atom stereocenters. The van der Waals surface area contributed by atoms with Gasteiger partial charge in [0, 0.05) is 50.6 Å². The smallest absolute Gasteiger partial charge is 0.0945 e. The number of unbranched alkanes of at least 4 members (excludes halogenated alkanes) is 2. The molecule has 0 spiro atoms. The first-order valence-corrected chi connectivity index (χ1v) is 11.1. The van der Waals surface area contributed by atoms with E-state index in [9.17, 15) is 0 Å². The molecule has 0 saturated carbocycles. The van der Waals surface area contributed by atoms with Crippen molar-refractivity contribution in [3.8, 4) is 0 Å². The van der Waals surface area contributed by atoms with Crippen molar-refractivity contribution in [3.63, 3.8) is 0 Å². The molecule has 0 amide bonds. The van der Waals surface area contributed by atoms with Crippen LogP contribution in [0.2, 0.25) is 0 Å². The van der Waals surface area contributed by atoms with Gasteiger partial charge < -0.3 is 20.5 Å². The summed E-state index contributed by atoms with van der Waals surface area (Å²) in [4.78, 5) is 8.05. The van der Waals surface area contributed by atoms with Crippen molar-refractivity contribution < 1.29 is 0 Å². The van der Waals surface area contributed by atoms with Crippen LogP contribution in [0.3, 0.4) is 0 Å². The van der Waals surface area contributed by atoms with E-state index >= 15 is 0 Å². The number of nitrogens with zero attached hydrogens (tertiary/aromatic N) is 5. The van der Waals surface area contributed by atoms with Crippen LogP contribution in [0.25, 0.3) is 0 Å². The first-order valence-electron chi connectivity index (χ1n) is 11.1. The van der Waals surface area contributed by atoms with E-state index in [1.54, 1.807) is 12.4 Å². The molecule has 172 valence electrons. The summed E-state index contributed by atoms with van der Waals surface area (Å²) in [6.45, 7) is 5.15. The molecule has 0 fully saturated rings. The predicted octanol–water partition coefficient (Wildman–Crippen LogP) is 2.57. The summed E-state index contributed by atoms with van der Waals surface area (Å²) in [5, 5.41) is 13.4.